The van der Waals surface area contributed by atoms with E-state index in [0.717, 1.165) is 42.6 Å². The zero-order valence-corrected chi connectivity index (χ0v) is 16.6. The van der Waals surface area contributed by atoms with Crippen molar-refractivity contribution < 1.29 is 9.64 Å². The monoisotopic (exact) mass is 418 g/mol. The number of rotatable bonds is 1. The highest BCUT2D eigenvalue weighted by Gasteiger charge is 2.52. The molecule has 1 spiro atoms. The largest absolute Gasteiger partial charge is 0.466 e. The van der Waals surface area contributed by atoms with Gasteiger partial charge in [0.1, 0.15) is 5.75 Å². The maximum atomic E-state index is 6.63. The van der Waals surface area contributed by atoms with Crippen molar-refractivity contribution in [3.8, 4) is 5.75 Å². The van der Waals surface area contributed by atoms with Gasteiger partial charge in [-0.15, -0.1) is 11.3 Å². The second kappa shape index (κ2) is 5.83. The van der Waals surface area contributed by atoms with Crippen LogP contribution < -0.4 is 9.64 Å². The molecular weight excluding hydrogens is 398 g/mol. The maximum Gasteiger partial charge on any atom is 0.208 e. The van der Waals surface area contributed by atoms with Crippen LogP contribution in [-0.4, -0.2) is 36.6 Å². The van der Waals surface area contributed by atoms with Crippen molar-refractivity contribution in [2.24, 2.45) is 5.10 Å². The Labute approximate surface area is 160 Å². The van der Waals surface area contributed by atoms with Crippen molar-refractivity contribution in [3.05, 3.63) is 50.6 Å². The van der Waals surface area contributed by atoms with Gasteiger partial charge in [-0.2, -0.15) is 5.10 Å². The second-order valence-electron chi connectivity index (χ2n) is 7.28. The number of halogens is 1. The van der Waals surface area contributed by atoms with Crippen LogP contribution in [0.1, 0.15) is 35.7 Å². The fraction of sp³-hybridized carbons (Fsp3) is 0.421. The molecule has 1 N–H and O–H groups in total. The molecule has 0 radical (unpaired) electrons. The lowest BCUT2D eigenvalue weighted by atomic mass is 9.91. The second-order valence-corrected chi connectivity index (χ2v) is 9.14. The number of piperidine rings is 1. The summed E-state index contributed by atoms with van der Waals surface area (Å²) in [5.74, 6) is 1.03. The van der Waals surface area contributed by atoms with Crippen LogP contribution in [0, 0.1) is 0 Å². The fourth-order valence-electron chi connectivity index (χ4n) is 4.24. The Bertz CT molecular complexity index is 827. The average molecular weight is 419 g/mol. The predicted octanol–water partition coefficient (Wildman–Crippen LogP) is 3.06. The van der Waals surface area contributed by atoms with Crippen LogP contribution in [0.5, 0.6) is 5.75 Å². The van der Waals surface area contributed by atoms with Crippen LogP contribution in [0.25, 0.3) is 0 Å². The number of hydrogen-bond acceptors (Lipinski definition) is 4. The Morgan fingerprint density at radius 3 is 2.92 bits per heavy atom. The Balaban J connectivity index is 1.60. The lowest BCUT2D eigenvalue weighted by Crippen LogP contribution is -3.11. The summed E-state index contributed by atoms with van der Waals surface area (Å²) in [6.07, 6.45) is 3.00. The van der Waals surface area contributed by atoms with Crippen molar-refractivity contribution in [1.82, 2.24) is 5.01 Å². The molecular formula is C19H21BrN3OS+. The lowest BCUT2D eigenvalue weighted by Gasteiger charge is -2.49. The van der Waals surface area contributed by atoms with E-state index in [4.69, 9.17) is 9.84 Å². The SMILES string of the molecule is C[NH+]1CCC2(CC1)Oc1ccc(Br)cc1[C@@H]1CC(c3cccs3)=NN12. The van der Waals surface area contributed by atoms with Crippen LogP contribution in [-0.2, 0) is 0 Å². The number of benzene rings is 1. The van der Waals surface area contributed by atoms with Gasteiger partial charge in [0.2, 0.25) is 5.72 Å². The molecule has 5 rings (SSSR count). The number of nitrogens with one attached hydrogen (secondary N) is 1. The molecule has 0 bridgehead atoms. The highest BCUT2D eigenvalue weighted by atomic mass is 79.9. The van der Waals surface area contributed by atoms with Gasteiger partial charge in [-0.3, -0.25) is 0 Å². The number of fused-ring (bicyclic) bond motifs is 4. The van der Waals surface area contributed by atoms with Gasteiger partial charge in [0.15, 0.2) is 0 Å². The first-order chi connectivity index (χ1) is 12.1. The molecule has 130 valence electrons. The minimum Gasteiger partial charge on any atom is -0.466 e. The van der Waals surface area contributed by atoms with Crippen LogP contribution in [0.15, 0.2) is 45.3 Å². The van der Waals surface area contributed by atoms with E-state index in [2.05, 4.69) is 63.7 Å². The van der Waals surface area contributed by atoms with Crippen LogP contribution in [0.3, 0.4) is 0 Å². The molecule has 3 aliphatic heterocycles. The first kappa shape index (κ1) is 15.9. The first-order valence-corrected chi connectivity index (χ1v) is 10.5. The molecule has 25 heavy (non-hydrogen) atoms. The number of nitrogens with zero attached hydrogens (tertiary/aromatic N) is 2. The first-order valence-electron chi connectivity index (χ1n) is 8.85. The zero-order chi connectivity index (χ0) is 17.0. The van der Waals surface area contributed by atoms with Gasteiger partial charge in [-0.25, -0.2) is 5.01 Å². The van der Waals surface area contributed by atoms with Crippen molar-refractivity contribution in [3.63, 3.8) is 0 Å². The summed E-state index contributed by atoms with van der Waals surface area (Å²) in [5, 5.41) is 9.52. The van der Waals surface area contributed by atoms with Gasteiger partial charge >= 0.3 is 0 Å². The molecule has 4 nitrogen and oxygen atoms in total. The van der Waals surface area contributed by atoms with Gasteiger partial charge in [-0.1, -0.05) is 22.0 Å². The molecule has 1 aromatic carbocycles. The molecule has 0 aliphatic carbocycles. The van der Waals surface area contributed by atoms with E-state index in [0.29, 0.717) is 0 Å². The predicted molar refractivity (Wildman–Crippen MR) is 103 cm³/mol. The Hall–Kier alpha value is -1.37. The molecule has 6 heteroatoms. The molecule has 0 saturated carbocycles. The molecule has 1 fully saturated rings. The summed E-state index contributed by atoms with van der Waals surface area (Å²) in [6, 6.07) is 11.0. The zero-order valence-electron chi connectivity index (χ0n) is 14.2. The van der Waals surface area contributed by atoms with Crippen LogP contribution >= 0.6 is 27.3 Å². The van der Waals surface area contributed by atoms with E-state index >= 15 is 0 Å². The molecule has 4 heterocycles. The summed E-state index contributed by atoms with van der Waals surface area (Å²) in [5.41, 5.74) is 2.16. The summed E-state index contributed by atoms with van der Waals surface area (Å²) >= 11 is 5.40. The van der Waals surface area contributed by atoms with E-state index < -0.39 is 0 Å². The van der Waals surface area contributed by atoms with Gasteiger partial charge in [0.25, 0.3) is 0 Å². The summed E-state index contributed by atoms with van der Waals surface area (Å²) < 4.78 is 7.73. The number of likely N-dealkylation sites (tertiary alicyclic amines) is 1. The van der Waals surface area contributed by atoms with Crippen molar-refractivity contribution in [1.29, 1.82) is 0 Å². The van der Waals surface area contributed by atoms with Crippen molar-refractivity contribution in [2.45, 2.75) is 31.0 Å². The van der Waals surface area contributed by atoms with E-state index in [-0.39, 0.29) is 11.8 Å². The molecule has 3 aliphatic rings. The van der Waals surface area contributed by atoms with Gasteiger partial charge in [-0.05, 0) is 29.6 Å². The molecule has 0 unspecified atom stereocenters. The molecule has 2 aromatic rings. The van der Waals surface area contributed by atoms with Gasteiger partial charge in [0.05, 0.1) is 49.6 Å². The summed E-state index contributed by atoms with van der Waals surface area (Å²) in [6.45, 7) is 2.25. The van der Waals surface area contributed by atoms with Crippen molar-refractivity contribution >= 4 is 33.0 Å². The number of ether oxygens (including phenoxy) is 1. The highest BCUT2D eigenvalue weighted by molar-refractivity contribution is 9.10. The maximum absolute atomic E-state index is 6.63. The molecule has 1 atom stereocenters. The Morgan fingerprint density at radius 1 is 1.32 bits per heavy atom. The third-order valence-electron chi connectivity index (χ3n) is 5.65. The standard InChI is InChI=1S/C19H20BrN3OS/c1-22-8-6-19(7-9-22)23-16(12-15(21-23)18-3-2-10-25-18)14-11-13(20)4-5-17(14)24-19/h2-5,10-11,16H,6-9,12H2,1H3/p+1/t16-/m0/s1. The van der Waals surface area contributed by atoms with Crippen molar-refractivity contribution in [2.75, 3.05) is 20.1 Å². The van der Waals surface area contributed by atoms with Gasteiger partial charge in [0, 0.05) is 16.5 Å². The highest BCUT2D eigenvalue weighted by Crippen LogP contribution is 2.49. The molecule has 1 aromatic heterocycles. The number of hydrazone groups is 1. The average Bonchev–Trinajstić information content (AvgIpc) is 3.28. The van der Waals surface area contributed by atoms with E-state index in [9.17, 15) is 0 Å². The van der Waals surface area contributed by atoms with E-state index in [1.54, 1.807) is 16.2 Å². The quantitative estimate of drug-likeness (QED) is 0.770. The number of hydrogen-bond donors (Lipinski definition) is 1. The topological polar surface area (TPSA) is 29.3 Å². The van der Waals surface area contributed by atoms with E-state index in [1.165, 1.54) is 16.2 Å². The fourth-order valence-corrected chi connectivity index (χ4v) is 5.34. The summed E-state index contributed by atoms with van der Waals surface area (Å²) in [7, 11) is 2.27. The van der Waals surface area contributed by atoms with Crippen LogP contribution in [0.4, 0.5) is 0 Å². The minimum absolute atomic E-state index is 0.275. The third-order valence-corrected chi connectivity index (χ3v) is 7.06. The normalized spacial score (nSPS) is 30.6. The smallest absolute Gasteiger partial charge is 0.208 e. The minimum atomic E-state index is -0.288. The lowest BCUT2D eigenvalue weighted by molar-refractivity contribution is -0.888. The van der Waals surface area contributed by atoms with Crippen LogP contribution in [0.2, 0.25) is 0 Å². The Kier molecular flexibility index (Phi) is 3.69. The van der Waals surface area contributed by atoms with Gasteiger partial charge < -0.3 is 9.64 Å². The number of thiophene rings is 1. The summed E-state index contributed by atoms with van der Waals surface area (Å²) in [4.78, 5) is 2.86. The molecule has 1 saturated heterocycles. The Morgan fingerprint density at radius 2 is 2.16 bits per heavy atom. The van der Waals surface area contributed by atoms with E-state index in [1.807, 2.05) is 0 Å². The molecule has 0 amide bonds. The third kappa shape index (κ3) is 2.54. The number of quaternary nitrogens is 1.